The van der Waals surface area contributed by atoms with Gasteiger partial charge in [0.15, 0.2) is 0 Å². The van der Waals surface area contributed by atoms with Gasteiger partial charge in [0.05, 0.1) is 0 Å². The van der Waals surface area contributed by atoms with Crippen molar-refractivity contribution in [2.75, 3.05) is 11.9 Å². The van der Waals surface area contributed by atoms with Gasteiger partial charge in [0, 0.05) is 25.0 Å². The summed E-state index contributed by atoms with van der Waals surface area (Å²) in [6.07, 6.45) is 8.00. The first-order valence-corrected chi connectivity index (χ1v) is 6.54. The van der Waals surface area contributed by atoms with Crippen LogP contribution in [0.1, 0.15) is 46.1 Å². The Kier molecular flexibility index (Phi) is 3.52. The lowest BCUT2D eigenvalue weighted by Crippen LogP contribution is -2.17. The minimum absolute atomic E-state index is 0.640. The minimum atomic E-state index is 0.640. The summed E-state index contributed by atoms with van der Waals surface area (Å²) in [5.74, 6) is 2.70. The number of hydrogen-bond donors (Lipinski definition) is 1. The summed E-state index contributed by atoms with van der Waals surface area (Å²) in [6, 6.07) is 0.640. The number of anilines is 1. The molecule has 1 saturated carbocycles. The third-order valence-corrected chi connectivity index (χ3v) is 4.07. The van der Waals surface area contributed by atoms with Crippen LogP contribution in [0.4, 0.5) is 5.95 Å². The zero-order valence-electron chi connectivity index (χ0n) is 10.6. The third kappa shape index (κ3) is 1.95. The van der Waals surface area contributed by atoms with Gasteiger partial charge in [0.2, 0.25) is 5.95 Å². The van der Waals surface area contributed by atoms with Gasteiger partial charge in [-0.05, 0) is 31.6 Å². The fourth-order valence-electron chi connectivity index (χ4n) is 3.07. The van der Waals surface area contributed by atoms with Crippen LogP contribution in [0.2, 0.25) is 0 Å². The molecule has 0 aliphatic heterocycles. The highest BCUT2D eigenvalue weighted by atomic mass is 15.2. The molecule has 1 aromatic heterocycles. The normalized spacial score (nSPS) is 29.6. The van der Waals surface area contributed by atoms with E-state index in [2.05, 4.69) is 41.8 Å². The minimum Gasteiger partial charge on any atom is -0.356 e. The van der Waals surface area contributed by atoms with Crippen molar-refractivity contribution in [2.45, 2.75) is 46.1 Å². The molecule has 1 aliphatic rings. The predicted octanol–water partition coefficient (Wildman–Crippen LogP) is 3.31. The van der Waals surface area contributed by atoms with Gasteiger partial charge in [-0.2, -0.15) is 0 Å². The van der Waals surface area contributed by atoms with Crippen molar-refractivity contribution in [3.63, 3.8) is 0 Å². The van der Waals surface area contributed by atoms with Crippen molar-refractivity contribution in [3.8, 4) is 0 Å². The fraction of sp³-hybridized carbons (Fsp3) is 0.769. The Morgan fingerprint density at radius 2 is 2.25 bits per heavy atom. The van der Waals surface area contributed by atoms with E-state index in [0.29, 0.717) is 6.04 Å². The van der Waals surface area contributed by atoms with Crippen LogP contribution in [0.15, 0.2) is 12.4 Å². The second kappa shape index (κ2) is 4.89. The lowest BCUT2D eigenvalue weighted by Gasteiger charge is -2.22. The average Bonchev–Trinajstić information content (AvgIpc) is 2.85. The van der Waals surface area contributed by atoms with Crippen LogP contribution in [0.25, 0.3) is 0 Å². The van der Waals surface area contributed by atoms with Crippen molar-refractivity contribution >= 4 is 5.95 Å². The predicted molar refractivity (Wildman–Crippen MR) is 67.6 cm³/mol. The smallest absolute Gasteiger partial charge is 0.203 e. The molecule has 1 heterocycles. The first-order valence-electron chi connectivity index (χ1n) is 6.54. The molecule has 3 heteroatoms. The fourth-order valence-corrected chi connectivity index (χ4v) is 3.07. The number of hydrogen-bond acceptors (Lipinski definition) is 2. The van der Waals surface area contributed by atoms with Crippen LogP contribution in [-0.2, 0) is 0 Å². The van der Waals surface area contributed by atoms with E-state index < -0.39 is 0 Å². The Hall–Kier alpha value is -0.990. The molecule has 0 aromatic carbocycles. The summed E-state index contributed by atoms with van der Waals surface area (Å²) < 4.78 is 2.34. The molecular formula is C13H23N3. The monoisotopic (exact) mass is 221 g/mol. The molecule has 1 fully saturated rings. The van der Waals surface area contributed by atoms with Crippen molar-refractivity contribution in [1.82, 2.24) is 9.55 Å². The largest absolute Gasteiger partial charge is 0.356 e. The summed E-state index contributed by atoms with van der Waals surface area (Å²) in [5, 5.41) is 3.34. The Morgan fingerprint density at radius 1 is 1.44 bits per heavy atom. The number of nitrogens with zero attached hydrogens (tertiary/aromatic N) is 2. The van der Waals surface area contributed by atoms with Crippen LogP contribution in [0.5, 0.6) is 0 Å². The molecule has 2 rings (SSSR count). The maximum atomic E-state index is 4.39. The van der Waals surface area contributed by atoms with Crippen molar-refractivity contribution in [3.05, 3.63) is 12.4 Å². The van der Waals surface area contributed by atoms with Gasteiger partial charge in [-0.25, -0.2) is 4.98 Å². The molecule has 0 amide bonds. The number of rotatable bonds is 4. The zero-order chi connectivity index (χ0) is 11.5. The van der Waals surface area contributed by atoms with Gasteiger partial charge < -0.3 is 9.88 Å². The maximum absolute atomic E-state index is 4.39. The Morgan fingerprint density at radius 3 is 2.88 bits per heavy atom. The summed E-state index contributed by atoms with van der Waals surface area (Å²) >= 11 is 0. The summed E-state index contributed by atoms with van der Waals surface area (Å²) in [4.78, 5) is 4.39. The molecule has 3 nitrogen and oxygen atoms in total. The standard InChI is InChI=1S/C13H23N3/c1-4-11-6-7-12(10(11)3)16-9-8-15-13(16)14-5-2/h8-12H,4-7H2,1-3H3,(H,14,15). The first kappa shape index (κ1) is 11.5. The van der Waals surface area contributed by atoms with E-state index in [1.54, 1.807) is 0 Å². The highest BCUT2D eigenvalue weighted by Gasteiger charge is 2.33. The van der Waals surface area contributed by atoms with E-state index in [1.165, 1.54) is 19.3 Å². The quantitative estimate of drug-likeness (QED) is 0.845. The van der Waals surface area contributed by atoms with E-state index in [9.17, 15) is 0 Å². The molecule has 0 spiro atoms. The number of nitrogens with one attached hydrogen (secondary N) is 1. The van der Waals surface area contributed by atoms with Gasteiger partial charge in [0.1, 0.15) is 0 Å². The Bertz CT molecular complexity index is 332. The topological polar surface area (TPSA) is 29.9 Å². The van der Waals surface area contributed by atoms with Gasteiger partial charge in [0.25, 0.3) is 0 Å². The number of imidazole rings is 1. The van der Waals surface area contributed by atoms with Crippen LogP contribution < -0.4 is 5.32 Å². The van der Waals surface area contributed by atoms with Crippen LogP contribution in [-0.4, -0.2) is 16.1 Å². The van der Waals surface area contributed by atoms with E-state index in [1.807, 2.05) is 6.20 Å². The van der Waals surface area contributed by atoms with Crippen LogP contribution in [0, 0.1) is 11.8 Å². The molecule has 3 atom stereocenters. The summed E-state index contributed by atoms with van der Waals surface area (Å²) in [6.45, 7) is 7.76. The first-order chi connectivity index (χ1) is 7.77. The van der Waals surface area contributed by atoms with E-state index >= 15 is 0 Å². The lowest BCUT2D eigenvalue weighted by atomic mass is 9.93. The SMILES string of the molecule is CCNc1nccn1C1CCC(CC)C1C. The average molecular weight is 221 g/mol. The lowest BCUT2D eigenvalue weighted by molar-refractivity contribution is 0.331. The molecule has 0 saturated heterocycles. The van der Waals surface area contributed by atoms with Crippen LogP contribution >= 0.6 is 0 Å². The van der Waals surface area contributed by atoms with Gasteiger partial charge in [-0.1, -0.05) is 20.3 Å². The summed E-state index contributed by atoms with van der Waals surface area (Å²) in [5.41, 5.74) is 0. The van der Waals surface area contributed by atoms with E-state index in [4.69, 9.17) is 0 Å². The van der Waals surface area contributed by atoms with E-state index in [0.717, 1.165) is 24.3 Å². The summed E-state index contributed by atoms with van der Waals surface area (Å²) in [7, 11) is 0. The van der Waals surface area contributed by atoms with Gasteiger partial charge in [-0.15, -0.1) is 0 Å². The molecule has 1 aliphatic carbocycles. The molecule has 0 radical (unpaired) electrons. The molecular weight excluding hydrogens is 198 g/mol. The molecule has 90 valence electrons. The van der Waals surface area contributed by atoms with Gasteiger partial charge >= 0.3 is 0 Å². The molecule has 1 aromatic rings. The molecule has 16 heavy (non-hydrogen) atoms. The van der Waals surface area contributed by atoms with E-state index in [-0.39, 0.29) is 0 Å². The van der Waals surface area contributed by atoms with Crippen molar-refractivity contribution < 1.29 is 0 Å². The highest BCUT2D eigenvalue weighted by Crippen LogP contribution is 2.42. The highest BCUT2D eigenvalue weighted by molar-refractivity contribution is 5.26. The van der Waals surface area contributed by atoms with Crippen molar-refractivity contribution in [2.24, 2.45) is 11.8 Å². The van der Waals surface area contributed by atoms with Crippen molar-refractivity contribution in [1.29, 1.82) is 0 Å². The third-order valence-electron chi connectivity index (χ3n) is 4.07. The molecule has 0 bridgehead atoms. The zero-order valence-corrected chi connectivity index (χ0v) is 10.6. The Labute approximate surface area is 98.3 Å². The molecule has 3 unspecified atom stereocenters. The second-order valence-corrected chi connectivity index (χ2v) is 4.86. The number of aromatic nitrogens is 2. The Balaban J connectivity index is 2.15. The molecule has 1 N–H and O–H groups in total. The second-order valence-electron chi connectivity index (χ2n) is 4.86. The van der Waals surface area contributed by atoms with Gasteiger partial charge in [-0.3, -0.25) is 0 Å². The van der Waals surface area contributed by atoms with Crippen LogP contribution in [0.3, 0.4) is 0 Å². The maximum Gasteiger partial charge on any atom is 0.203 e.